The molecule has 1 aliphatic carbocycles. The molecule has 5 nitrogen and oxygen atoms in total. The lowest BCUT2D eigenvalue weighted by Crippen LogP contribution is -2.45. The SMILES string of the molecule is Cc1ccc(OCC(=O)NC(=O)NC2CCCC2)cc1. The smallest absolute Gasteiger partial charge is 0.321 e. The van der Waals surface area contributed by atoms with Crippen molar-refractivity contribution in [1.82, 2.24) is 10.6 Å². The Labute approximate surface area is 118 Å². The van der Waals surface area contributed by atoms with Gasteiger partial charge in [-0.25, -0.2) is 4.79 Å². The zero-order valence-electron chi connectivity index (χ0n) is 11.6. The predicted octanol–water partition coefficient (Wildman–Crippen LogP) is 2.14. The highest BCUT2D eigenvalue weighted by Gasteiger charge is 2.18. The molecule has 1 saturated carbocycles. The van der Waals surface area contributed by atoms with Crippen LogP contribution in [0.3, 0.4) is 0 Å². The number of carbonyl (C=O) groups is 2. The summed E-state index contributed by atoms with van der Waals surface area (Å²) in [5.74, 6) is 0.169. The maximum atomic E-state index is 11.6. The zero-order valence-corrected chi connectivity index (χ0v) is 11.6. The number of ether oxygens (including phenoxy) is 1. The molecule has 0 aromatic heterocycles. The molecule has 0 atom stereocenters. The van der Waals surface area contributed by atoms with Crippen molar-refractivity contribution < 1.29 is 14.3 Å². The summed E-state index contributed by atoms with van der Waals surface area (Å²) in [6.45, 7) is 1.81. The topological polar surface area (TPSA) is 67.4 Å². The molecular weight excluding hydrogens is 256 g/mol. The number of urea groups is 1. The number of amides is 3. The number of aryl methyl sites for hydroxylation is 1. The molecule has 0 bridgehead atoms. The summed E-state index contributed by atoms with van der Waals surface area (Å²) in [7, 11) is 0. The molecule has 0 radical (unpaired) electrons. The molecule has 3 amide bonds. The van der Waals surface area contributed by atoms with Crippen LogP contribution < -0.4 is 15.4 Å². The molecule has 108 valence electrons. The highest BCUT2D eigenvalue weighted by Crippen LogP contribution is 2.17. The van der Waals surface area contributed by atoms with Crippen LogP contribution in [-0.4, -0.2) is 24.6 Å². The first-order valence-corrected chi connectivity index (χ1v) is 6.93. The van der Waals surface area contributed by atoms with E-state index >= 15 is 0 Å². The van der Waals surface area contributed by atoms with E-state index in [1.165, 1.54) is 0 Å². The van der Waals surface area contributed by atoms with E-state index in [4.69, 9.17) is 4.74 Å². The maximum Gasteiger partial charge on any atom is 0.321 e. The minimum Gasteiger partial charge on any atom is -0.484 e. The monoisotopic (exact) mass is 276 g/mol. The van der Waals surface area contributed by atoms with E-state index in [-0.39, 0.29) is 12.6 Å². The first-order valence-electron chi connectivity index (χ1n) is 6.93. The van der Waals surface area contributed by atoms with Crippen molar-refractivity contribution in [2.45, 2.75) is 38.6 Å². The molecule has 0 spiro atoms. The summed E-state index contributed by atoms with van der Waals surface area (Å²) in [5, 5.41) is 5.06. The minimum absolute atomic E-state index is 0.166. The van der Waals surface area contributed by atoms with Gasteiger partial charge in [0.1, 0.15) is 5.75 Å². The Morgan fingerprint density at radius 3 is 2.50 bits per heavy atom. The molecule has 20 heavy (non-hydrogen) atoms. The number of hydrogen-bond donors (Lipinski definition) is 2. The lowest BCUT2D eigenvalue weighted by molar-refractivity contribution is -0.122. The normalized spacial score (nSPS) is 14.8. The van der Waals surface area contributed by atoms with Crippen molar-refractivity contribution in [3.05, 3.63) is 29.8 Å². The molecule has 0 aliphatic heterocycles. The van der Waals surface area contributed by atoms with Crippen molar-refractivity contribution >= 4 is 11.9 Å². The fourth-order valence-corrected chi connectivity index (χ4v) is 2.24. The van der Waals surface area contributed by atoms with E-state index in [0.717, 1.165) is 31.2 Å². The fraction of sp³-hybridized carbons (Fsp3) is 0.467. The number of imide groups is 1. The molecule has 1 aromatic rings. The standard InChI is InChI=1S/C15H20N2O3/c1-11-6-8-13(9-7-11)20-10-14(18)17-15(19)16-12-4-2-3-5-12/h6-9,12H,2-5,10H2,1H3,(H2,16,17,18,19). The number of carbonyl (C=O) groups excluding carboxylic acids is 2. The highest BCUT2D eigenvalue weighted by atomic mass is 16.5. The first kappa shape index (κ1) is 14.4. The van der Waals surface area contributed by atoms with E-state index in [9.17, 15) is 9.59 Å². The van der Waals surface area contributed by atoms with Gasteiger partial charge in [0.2, 0.25) is 0 Å². The van der Waals surface area contributed by atoms with Crippen LogP contribution in [0, 0.1) is 6.92 Å². The van der Waals surface area contributed by atoms with Crippen LogP contribution in [0.5, 0.6) is 5.75 Å². The van der Waals surface area contributed by atoms with E-state index in [0.29, 0.717) is 5.75 Å². The van der Waals surface area contributed by atoms with Gasteiger partial charge < -0.3 is 10.1 Å². The molecule has 1 aliphatic rings. The first-order chi connectivity index (χ1) is 9.63. The van der Waals surface area contributed by atoms with Gasteiger partial charge in [0.15, 0.2) is 6.61 Å². The van der Waals surface area contributed by atoms with E-state index in [2.05, 4.69) is 10.6 Å². The van der Waals surface area contributed by atoms with Crippen LogP contribution in [0.4, 0.5) is 4.79 Å². The average Bonchev–Trinajstić information content (AvgIpc) is 2.90. The van der Waals surface area contributed by atoms with Gasteiger partial charge in [-0.1, -0.05) is 30.5 Å². The Morgan fingerprint density at radius 2 is 1.85 bits per heavy atom. The van der Waals surface area contributed by atoms with Crippen molar-refractivity contribution in [2.24, 2.45) is 0 Å². The Balaban J connectivity index is 1.69. The highest BCUT2D eigenvalue weighted by molar-refractivity contribution is 5.95. The summed E-state index contributed by atoms with van der Waals surface area (Å²) in [6.07, 6.45) is 4.24. The van der Waals surface area contributed by atoms with Crippen LogP contribution in [0.2, 0.25) is 0 Å². The third kappa shape index (κ3) is 4.57. The van der Waals surface area contributed by atoms with Crippen molar-refractivity contribution in [3.63, 3.8) is 0 Å². The molecule has 0 heterocycles. The van der Waals surface area contributed by atoms with Crippen molar-refractivity contribution in [3.8, 4) is 5.75 Å². The van der Waals surface area contributed by atoms with Crippen LogP contribution >= 0.6 is 0 Å². The number of benzene rings is 1. The van der Waals surface area contributed by atoms with Gasteiger partial charge in [-0.2, -0.15) is 0 Å². The largest absolute Gasteiger partial charge is 0.484 e. The molecule has 0 unspecified atom stereocenters. The molecule has 0 saturated heterocycles. The molecule has 2 N–H and O–H groups in total. The molecule has 2 rings (SSSR count). The van der Waals surface area contributed by atoms with Crippen molar-refractivity contribution in [1.29, 1.82) is 0 Å². The second-order valence-electron chi connectivity index (χ2n) is 5.10. The van der Waals surface area contributed by atoms with Crippen molar-refractivity contribution in [2.75, 3.05) is 6.61 Å². The molecule has 1 aromatic carbocycles. The minimum atomic E-state index is -0.443. The quantitative estimate of drug-likeness (QED) is 0.885. The summed E-state index contributed by atoms with van der Waals surface area (Å²) in [4.78, 5) is 23.1. The second kappa shape index (κ2) is 6.93. The van der Waals surface area contributed by atoms with Gasteiger partial charge in [-0.3, -0.25) is 10.1 Å². The predicted molar refractivity (Wildman–Crippen MR) is 75.6 cm³/mol. The molecule has 5 heteroatoms. The average molecular weight is 276 g/mol. The lowest BCUT2D eigenvalue weighted by Gasteiger charge is -2.12. The van der Waals surface area contributed by atoms with E-state index in [1.807, 2.05) is 19.1 Å². The summed E-state index contributed by atoms with van der Waals surface area (Å²) < 4.78 is 5.30. The summed E-state index contributed by atoms with van der Waals surface area (Å²) >= 11 is 0. The van der Waals surface area contributed by atoms with Gasteiger partial charge in [-0.15, -0.1) is 0 Å². The number of hydrogen-bond acceptors (Lipinski definition) is 3. The van der Waals surface area contributed by atoms with Crippen LogP contribution in [0.15, 0.2) is 24.3 Å². The third-order valence-corrected chi connectivity index (χ3v) is 3.33. The second-order valence-corrected chi connectivity index (χ2v) is 5.10. The Kier molecular flexibility index (Phi) is 4.98. The Bertz CT molecular complexity index is 465. The van der Waals surface area contributed by atoms with Crippen LogP contribution in [-0.2, 0) is 4.79 Å². The van der Waals surface area contributed by atoms with Crippen LogP contribution in [0.25, 0.3) is 0 Å². The molecule has 1 fully saturated rings. The van der Waals surface area contributed by atoms with Gasteiger partial charge in [-0.05, 0) is 31.9 Å². The number of nitrogens with one attached hydrogen (secondary N) is 2. The molecular formula is C15H20N2O3. The van der Waals surface area contributed by atoms with Gasteiger partial charge in [0.05, 0.1) is 0 Å². The van der Waals surface area contributed by atoms with Gasteiger partial charge in [0.25, 0.3) is 5.91 Å². The summed E-state index contributed by atoms with van der Waals surface area (Å²) in [6, 6.07) is 7.15. The van der Waals surface area contributed by atoms with Gasteiger partial charge >= 0.3 is 6.03 Å². The Hall–Kier alpha value is -2.04. The zero-order chi connectivity index (χ0) is 14.4. The lowest BCUT2D eigenvalue weighted by atomic mass is 10.2. The maximum absolute atomic E-state index is 11.6. The van der Waals surface area contributed by atoms with E-state index < -0.39 is 11.9 Å². The summed E-state index contributed by atoms with van der Waals surface area (Å²) in [5.41, 5.74) is 1.12. The Morgan fingerprint density at radius 1 is 1.20 bits per heavy atom. The fourth-order valence-electron chi connectivity index (χ4n) is 2.24. The van der Waals surface area contributed by atoms with E-state index in [1.54, 1.807) is 12.1 Å². The van der Waals surface area contributed by atoms with Crippen LogP contribution in [0.1, 0.15) is 31.2 Å². The third-order valence-electron chi connectivity index (χ3n) is 3.33. The van der Waals surface area contributed by atoms with Gasteiger partial charge in [0, 0.05) is 6.04 Å². The number of rotatable bonds is 4.